The van der Waals surface area contributed by atoms with Gasteiger partial charge in [-0.3, -0.25) is 0 Å². The molecule has 1 aliphatic heterocycles. The van der Waals surface area contributed by atoms with Crippen molar-refractivity contribution in [3.8, 4) is 0 Å². The van der Waals surface area contributed by atoms with Gasteiger partial charge >= 0.3 is 0 Å². The molecule has 1 nitrogen and oxygen atoms in total. The van der Waals surface area contributed by atoms with Crippen LogP contribution in [0.25, 0.3) is 0 Å². The van der Waals surface area contributed by atoms with Crippen molar-refractivity contribution in [3.63, 3.8) is 0 Å². The lowest BCUT2D eigenvalue weighted by Crippen LogP contribution is -2.39. The molecule has 0 fully saturated rings. The zero-order chi connectivity index (χ0) is 11.1. The van der Waals surface area contributed by atoms with Crippen molar-refractivity contribution in [2.24, 2.45) is 0 Å². The minimum absolute atomic E-state index is 0.219. The minimum atomic E-state index is 0.219. The first-order chi connectivity index (χ1) is 7.06. The third-order valence-corrected chi connectivity index (χ3v) is 3.85. The Morgan fingerprint density at radius 3 is 2.93 bits per heavy atom. The van der Waals surface area contributed by atoms with Gasteiger partial charge in [0.2, 0.25) is 0 Å². The molecule has 1 aromatic carbocycles. The van der Waals surface area contributed by atoms with E-state index in [-0.39, 0.29) is 5.54 Å². The zero-order valence-corrected chi connectivity index (χ0v) is 10.4. The topological polar surface area (TPSA) is 12.0 Å². The number of nitrogens with one attached hydrogen (secondary N) is 1. The van der Waals surface area contributed by atoms with Crippen molar-refractivity contribution < 1.29 is 0 Å². The van der Waals surface area contributed by atoms with Gasteiger partial charge in [-0.1, -0.05) is 31.5 Å². The Kier molecular flexibility index (Phi) is 2.68. The van der Waals surface area contributed by atoms with E-state index >= 15 is 0 Å². The van der Waals surface area contributed by atoms with E-state index in [1.807, 2.05) is 12.1 Å². The van der Waals surface area contributed by atoms with Crippen LogP contribution in [-0.2, 0) is 0 Å². The van der Waals surface area contributed by atoms with Crippen LogP contribution in [0.2, 0.25) is 5.02 Å². The van der Waals surface area contributed by atoms with E-state index in [4.69, 9.17) is 11.6 Å². The van der Waals surface area contributed by atoms with Crippen LogP contribution < -0.4 is 5.32 Å². The van der Waals surface area contributed by atoms with Gasteiger partial charge in [-0.05, 0) is 43.4 Å². The second-order valence-electron chi connectivity index (χ2n) is 4.85. The molecule has 2 unspecified atom stereocenters. The number of anilines is 1. The highest BCUT2D eigenvalue weighted by molar-refractivity contribution is 6.31. The zero-order valence-electron chi connectivity index (χ0n) is 9.60. The summed E-state index contributed by atoms with van der Waals surface area (Å²) in [5.41, 5.74) is 2.72. The normalized spacial score (nSPS) is 29.5. The van der Waals surface area contributed by atoms with Crippen LogP contribution in [0.5, 0.6) is 0 Å². The van der Waals surface area contributed by atoms with Crippen LogP contribution in [0.3, 0.4) is 0 Å². The van der Waals surface area contributed by atoms with E-state index in [9.17, 15) is 0 Å². The summed E-state index contributed by atoms with van der Waals surface area (Å²) in [4.78, 5) is 0. The van der Waals surface area contributed by atoms with Crippen LogP contribution in [0, 0.1) is 0 Å². The molecule has 0 saturated carbocycles. The molecule has 0 bridgehead atoms. The van der Waals surface area contributed by atoms with Crippen molar-refractivity contribution in [2.45, 2.75) is 45.1 Å². The average Bonchev–Trinajstić information content (AvgIpc) is 2.17. The van der Waals surface area contributed by atoms with Crippen molar-refractivity contribution >= 4 is 17.3 Å². The Morgan fingerprint density at radius 2 is 2.27 bits per heavy atom. The lowest BCUT2D eigenvalue weighted by atomic mass is 9.79. The number of fused-ring (bicyclic) bond motifs is 1. The molecule has 1 aliphatic rings. The third kappa shape index (κ3) is 1.85. The molecule has 1 aromatic rings. The smallest absolute Gasteiger partial charge is 0.0461 e. The monoisotopic (exact) mass is 223 g/mol. The first-order valence-electron chi connectivity index (χ1n) is 5.62. The van der Waals surface area contributed by atoms with Crippen molar-refractivity contribution in [2.75, 3.05) is 5.32 Å². The van der Waals surface area contributed by atoms with Gasteiger partial charge in [0.15, 0.2) is 0 Å². The molecule has 0 amide bonds. The number of benzene rings is 1. The summed E-state index contributed by atoms with van der Waals surface area (Å²) in [5.74, 6) is 0.542. The predicted octanol–water partition coefficient (Wildman–Crippen LogP) is 4.43. The van der Waals surface area contributed by atoms with E-state index in [2.05, 4.69) is 32.2 Å². The highest BCUT2D eigenvalue weighted by atomic mass is 35.5. The lowest BCUT2D eigenvalue weighted by Gasteiger charge is -2.40. The van der Waals surface area contributed by atoms with Crippen molar-refractivity contribution in [3.05, 3.63) is 28.8 Å². The number of hydrogen-bond acceptors (Lipinski definition) is 1. The maximum atomic E-state index is 6.23. The SMILES string of the molecule is CCC1(C)CC(C)c2c(Cl)cccc2N1. The second kappa shape index (κ2) is 3.71. The summed E-state index contributed by atoms with van der Waals surface area (Å²) < 4.78 is 0. The number of hydrogen-bond donors (Lipinski definition) is 1. The first kappa shape index (κ1) is 10.8. The molecule has 2 rings (SSSR count). The van der Waals surface area contributed by atoms with Gasteiger partial charge in [0.25, 0.3) is 0 Å². The molecule has 0 aliphatic carbocycles. The average molecular weight is 224 g/mol. The van der Waals surface area contributed by atoms with Gasteiger partial charge in [-0.2, -0.15) is 0 Å². The summed E-state index contributed by atoms with van der Waals surface area (Å²) in [7, 11) is 0. The Bertz CT molecular complexity index is 375. The van der Waals surface area contributed by atoms with E-state index < -0.39 is 0 Å². The standard InChI is InChI=1S/C13H18ClN/c1-4-13(3)8-9(2)12-10(14)6-5-7-11(12)15-13/h5-7,9,15H,4,8H2,1-3H3. The maximum Gasteiger partial charge on any atom is 0.0461 e. The fraction of sp³-hybridized carbons (Fsp3) is 0.538. The van der Waals surface area contributed by atoms with E-state index in [0.717, 1.165) is 17.9 Å². The van der Waals surface area contributed by atoms with Crippen LogP contribution in [0.15, 0.2) is 18.2 Å². The quantitative estimate of drug-likeness (QED) is 0.743. The molecule has 1 heterocycles. The molecule has 0 aromatic heterocycles. The Hall–Kier alpha value is -0.690. The molecule has 15 heavy (non-hydrogen) atoms. The van der Waals surface area contributed by atoms with Gasteiger partial charge in [-0.25, -0.2) is 0 Å². The molecular weight excluding hydrogens is 206 g/mol. The summed E-state index contributed by atoms with van der Waals surface area (Å²) in [6.07, 6.45) is 2.30. The predicted molar refractivity (Wildman–Crippen MR) is 66.8 cm³/mol. The molecular formula is C13H18ClN. The highest BCUT2D eigenvalue weighted by Gasteiger charge is 2.32. The lowest BCUT2D eigenvalue weighted by molar-refractivity contribution is 0.407. The summed E-state index contributed by atoms with van der Waals surface area (Å²) in [6.45, 7) is 6.78. The third-order valence-electron chi connectivity index (χ3n) is 3.52. The van der Waals surface area contributed by atoms with Crippen LogP contribution >= 0.6 is 11.6 Å². The van der Waals surface area contributed by atoms with E-state index in [0.29, 0.717) is 5.92 Å². The van der Waals surface area contributed by atoms with Crippen LogP contribution in [0.4, 0.5) is 5.69 Å². The maximum absolute atomic E-state index is 6.23. The fourth-order valence-electron chi connectivity index (χ4n) is 2.53. The van der Waals surface area contributed by atoms with Gasteiger partial charge in [0.05, 0.1) is 0 Å². The fourth-order valence-corrected chi connectivity index (χ4v) is 2.89. The second-order valence-corrected chi connectivity index (χ2v) is 5.25. The summed E-state index contributed by atoms with van der Waals surface area (Å²) in [5, 5.41) is 4.50. The Labute approximate surface area is 96.8 Å². The van der Waals surface area contributed by atoms with Crippen molar-refractivity contribution in [1.82, 2.24) is 0 Å². The molecule has 2 heteroatoms. The van der Waals surface area contributed by atoms with Gasteiger partial charge in [-0.15, -0.1) is 0 Å². The molecule has 0 radical (unpaired) electrons. The Morgan fingerprint density at radius 1 is 1.53 bits per heavy atom. The first-order valence-corrected chi connectivity index (χ1v) is 6.00. The Balaban J connectivity index is 2.45. The van der Waals surface area contributed by atoms with E-state index in [1.54, 1.807) is 0 Å². The van der Waals surface area contributed by atoms with E-state index in [1.165, 1.54) is 11.3 Å². The minimum Gasteiger partial charge on any atom is -0.380 e. The molecule has 0 saturated heterocycles. The van der Waals surface area contributed by atoms with Gasteiger partial charge in [0, 0.05) is 16.2 Å². The van der Waals surface area contributed by atoms with Gasteiger partial charge in [0.1, 0.15) is 0 Å². The summed E-state index contributed by atoms with van der Waals surface area (Å²) in [6, 6.07) is 6.13. The van der Waals surface area contributed by atoms with Crippen LogP contribution in [0.1, 0.15) is 45.1 Å². The molecule has 0 spiro atoms. The summed E-state index contributed by atoms with van der Waals surface area (Å²) >= 11 is 6.23. The number of halogens is 1. The van der Waals surface area contributed by atoms with Crippen molar-refractivity contribution in [1.29, 1.82) is 0 Å². The largest absolute Gasteiger partial charge is 0.380 e. The molecule has 2 atom stereocenters. The van der Waals surface area contributed by atoms with Gasteiger partial charge < -0.3 is 5.32 Å². The van der Waals surface area contributed by atoms with Crippen LogP contribution in [-0.4, -0.2) is 5.54 Å². The number of rotatable bonds is 1. The molecule has 1 N–H and O–H groups in total. The highest BCUT2D eigenvalue weighted by Crippen LogP contribution is 2.43. The molecule has 82 valence electrons.